The van der Waals surface area contributed by atoms with Gasteiger partial charge < -0.3 is 10.2 Å². The average molecular weight is 312 g/mol. The molecule has 0 spiro atoms. The van der Waals surface area contributed by atoms with Crippen LogP contribution in [0.25, 0.3) is 0 Å². The third-order valence-electron chi connectivity index (χ3n) is 4.33. The fraction of sp³-hybridized carbons (Fsp3) is 0.444. The van der Waals surface area contributed by atoms with Gasteiger partial charge in [-0.2, -0.15) is 5.10 Å². The lowest BCUT2D eigenvalue weighted by Crippen LogP contribution is -2.22. The van der Waals surface area contributed by atoms with E-state index in [-0.39, 0.29) is 5.91 Å². The minimum Gasteiger partial charge on any atom is -0.321 e. The molecule has 1 aliphatic heterocycles. The van der Waals surface area contributed by atoms with Crippen molar-refractivity contribution in [1.29, 1.82) is 0 Å². The van der Waals surface area contributed by atoms with E-state index in [2.05, 4.69) is 27.4 Å². The second-order valence-corrected chi connectivity index (χ2v) is 6.25. The highest BCUT2D eigenvalue weighted by molar-refractivity contribution is 6.03. The van der Waals surface area contributed by atoms with Gasteiger partial charge in [0.15, 0.2) is 0 Å². The van der Waals surface area contributed by atoms with Crippen LogP contribution >= 0.6 is 0 Å². The van der Waals surface area contributed by atoms with Crippen LogP contribution in [-0.4, -0.2) is 40.2 Å². The largest absolute Gasteiger partial charge is 0.321 e. The number of anilines is 1. The van der Waals surface area contributed by atoms with Gasteiger partial charge >= 0.3 is 0 Å². The van der Waals surface area contributed by atoms with E-state index in [1.165, 1.54) is 31.5 Å². The maximum atomic E-state index is 12.3. The highest BCUT2D eigenvalue weighted by Crippen LogP contribution is 2.15. The first-order valence-electron chi connectivity index (χ1n) is 8.25. The van der Waals surface area contributed by atoms with Crippen LogP contribution in [0.5, 0.6) is 0 Å². The fourth-order valence-electron chi connectivity index (χ4n) is 3.12. The van der Waals surface area contributed by atoms with Crippen molar-refractivity contribution in [3.63, 3.8) is 0 Å². The Morgan fingerprint density at radius 1 is 1.26 bits per heavy atom. The number of carbonyl (C=O) groups excluding carboxylic acids is 1. The summed E-state index contributed by atoms with van der Waals surface area (Å²) in [6.07, 6.45) is 3.66. The molecule has 1 amide bonds. The molecule has 0 bridgehead atoms. The molecule has 0 unspecified atom stereocenters. The van der Waals surface area contributed by atoms with Crippen LogP contribution in [0.4, 0.5) is 5.69 Å². The van der Waals surface area contributed by atoms with E-state index in [1.54, 1.807) is 17.8 Å². The summed E-state index contributed by atoms with van der Waals surface area (Å²) in [5.41, 5.74) is 3.52. The molecule has 2 aromatic rings. The van der Waals surface area contributed by atoms with E-state index >= 15 is 0 Å². The number of carbonyl (C=O) groups is 1. The first-order chi connectivity index (χ1) is 11.1. The molecule has 5 heteroatoms. The average Bonchev–Trinajstić information content (AvgIpc) is 3.15. The monoisotopic (exact) mass is 312 g/mol. The van der Waals surface area contributed by atoms with E-state index in [9.17, 15) is 4.79 Å². The van der Waals surface area contributed by atoms with Gasteiger partial charge in [-0.3, -0.25) is 9.48 Å². The number of nitrogens with one attached hydrogen (secondary N) is 1. The standard InChI is InChI=1S/C18H24N4O/c1-14-12-17(21(2)20-14)18(23)19-16-7-5-6-15(13-16)8-11-22-9-3-4-10-22/h5-7,12-13H,3-4,8-11H2,1-2H3,(H,19,23). The van der Waals surface area contributed by atoms with Crippen molar-refractivity contribution < 1.29 is 4.79 Å². The smallest absolute Gasteiger partial charge is 0.273 e. The molecule has 3 rings (SSSR count). The topological polar surface area (TPSA) is 50.2 Å². The van der Waals surface area contributed by atoms with E-state index < -0.39 is 0 Å². The van der Waals surface area contributed by atoms with Crippen LogP contribution in [0.3, 0.4) is 0 Å². The van der Waals surface area contributed by atoms with E-state index in [0.29, 0.717) is 5.69 Å². The SMILES string of the molecule is Cc1cc(C(=O)Nc2cccc(CCN3CCCC3)c2)n(C)n1. The number of nitrogens with zero attached hydrogens (tertiary/aromatic N) is 3. The normalized spacial score (nSPS) is 15.0. The Hall–Kier alpha value is -2.14. The molecule has 1 N–H and O–H groups in total. The number of rotatable bonds is 5. The highest BCUT2D eigenvalue weighted by atomic mass is 16.2. The first kappa shape index (κ1) is 15.7. The Balaban J connectivity index is 1.62. The summed E-state index contributed by atoms with van der Waals surface area (Å²) in [5.74, 6) is -0.121. The summed E-state index contributed by atoms with van der Waals surface area (Å²) in [6.45, 7) is 5.42. The summed E-state index contributed by atoms with van der Waals surface area (Å²) < 4.78 is 1.61. The zero-order valence-corrected chi connectivity index (χ0v) is 13.9. The van der Waals surface area contributed by atoms with Crippen molar-refractivity contribution in [2.45, 2.75) is 26.2 Å². The predicted molar refractivity (Wildman–Crippen MR) is 91.7 cm³/mol. The molecule has 1 aromatic heterocycles. The maximum absolute atomic E-state index is 12.3. The Bertz CT molecular complexity index is 686. The maximum Gasteiger partial charge on any atom is 0.273 e. The second-order valence-electron chi connectivity index (χ2n) is 6.25. The van der Waals surface area contributed by atoms with Gasteiger partial charge in [-0.25, -0.2) is 0 Å². The van der Waals surface area contributed by atoms with Gasteiger partial charge in [0.25, 0.3) is 5.91 Å². The van der Waals surface area contributed by atoms with Gasteiger partial charge in [-0.05, 0) is 63.0 Å². The van der Waals surface area contributed by atoms with E-state index in [0.717, 1.165) is 24.3 Å². The van der Waals surface area contributed by atoms with Crippen LogP contribution in [0, 0.1) is 6.92 Å². The number of likely N-dealkylation sites (tertiary alicyclic amines) is 1. The number of aromatic nitrogens is 2. The van der Waals surface area contributed by atoms with Crippen LogP contribution < -0.4 is 5.32 Å². The molecule has 2 heterocycles. The highest BCUT2D eigenvalue weighted by Gasteiger charge is 2.13. The predicted octanol–water partition coefficient (Wildman–Crippen LogP) is 2.62. The van der Waals surface area contributed by atoms with E-state index in [1.807, 2.05) is 19.1 Å². The minimum absolute atomic E-state index is 0.121. The number of aryl methyl sites for hydroxylation is 2. The Labute approximate surface area is 137 Å². The van der Waals surface area contributed by atoms with Crippen LogP contribution in [0.1, 0.15) is 34.6 Å². The molecule has 0 saturated carbocycles. The van der Waals surface area contributed by atoms with Gasteiger partial charge in [-0.1, -0.05) is 12.1 Å². The second kappa shape index (κ2) is 6.96. The molecule has 5 nitrogen and oxygen atoms in total. The third kappa shape index (κ3) is 3.99. The lowest BCUT2D eigenvalue weighted by molar-refractivity contribution is 0.101. The van der Waals surface area contributed by atoms with Crippen LogP contribution in [0.15, 0.2) is 30.3 Å². The molecule has 122 valence electrons. The summed E-state index contributed by atoms with van der Waals surface area (Å²) in [7, 11) is 1.79. The van der Waals surface area contributed by atoms with Gasteiger partial charge in [0.05, 0.1) is 5.69 Å². The van der Waals surface area contributed by atoms with Gasteiger partial charge in [0, 0.05) is 19.3 Å². The summed E-state index contributed by atoms with van der Waals surface area (Å²) in [4.78, 5) is 14.9. The van der Waals surface area contributed by atoms with Gasteiger partial charge in [-0.15, -0.1) is 0 Å². The zero-order valence-electron chi connectivity index (χ0n) is 13.9. The number of amides is 1. The van der Waals surface area contributed by atoms with Crippen molar-refractivity contribution in [2.24, 2.45) is 7.05 Å². The molecular formula is C18H24N4O. The van der Waals surface area contributed by atoms with Crippen LogP contribution in [-0.2, 0) is 13.5 Å². The lowest BCUT2D eigenvalue weighted by Gasteiger charge is -2.14. The fourth-order valence-corrected chi connectivity index (χ4v) is 3.12. The van der Waals surface area contributed by atoms with Crippen molar-refractivity contribution in [3.8, 4) is 0 Å². The molecule has 1 aromatic carbocycles. The molecule has 1 aliphatic rings. The quantitative estimate of drug-likeness (QED) is 0.923. The summed E-state index contributed by atoms with van der Waals surface area (Å²) >= 11 is 0. The lowest BCUT2D eigenvalue weighted by atomic mass is 10.1. The van der Waals surface area contributed by atoms with Crippen molar-refractivity contribution in [2.75, 3.05) is 25.0 Å². The third-order valence-corrected chi connectivity index (χ3v) is 4.33. The number of benzene rings is 1. The first-order valence-corrected chi connectivity index (χ1v) is 8.25. The van der Waals surface area contributed by atoms with Gasteiger partial charge in [0.2, 0.25) is 0 Å². The molecule has 23 heavy (non-hydrogen) atoms. The molecule has 1 fully saturated rings. The Morgan fingerprint density at radius 3 is 2.74 bits per heavy atom. The molecule has 0 aliphatic carbocycles. The van der Waals surface area contributed by atoms with E-state index in [4.69, 9.17) is 0 Å². The number of hydrogen-bond donors (Lipinski definition) is 1. The molecular weight excluding hydrogens is 288 g/mol. The summed E-state index contributed by atoms with van der Waals surface area (Å²) in [5, 5.41) is 7.18. The zero-order chi connectivity index (χ0) is 16.2. The van der Waals surface area contributed by atoms with Crippen molar-refractivity contribution in [3.05, 3.63) is 47.3 Å². The van der Waals surface area contributed by atoms with Gasteiger partial charge in [0.1, 0.15) is 5.69 Å². The van der Waals surface area contributed by atoms with Crippen molar-refractivity contribution in [1.82, 2.24) is 14.7 Å². The minimum atomic E-state index is -0.121. The number of hydrogen-bond acceptors (Lipinski definition) is 3. The van der Waals surface area contributed by atoms with Crippen LogP contribution in [0.2, 0.25) is 0 Å². The molecule has 1 saturated heterocycles. The van der Waals surface area contributed by atoms with Crippen molar-refractivity contribution >= 4 is 11.6 Å². The summed E-state index contributed by atoms with van der Waals surface area (Å²) in [6, 6.07) is 9.92. The molecule has 0 atom stereocenters. The molecule has 0 radical (unpaired) electrons. The Morgan fingerprint density at radius 2 is 2.04 bits per heavy atom. The Kier molecular flexibility index (Phi) is 4.76.